The van der Waals surface area contributed by atoms with Crippen LogP contribution in [-0.2, 0) is 0 Å². The Bertz CT molecular complexity index is 753. The average molecular weight is 330 g/mol. The average Bonchev–Trinajstić information content (AvgIpc) is 3.04. The number of anilines is 1. The minimum atomic E-state index is -0.339. The standard InChI is InChI=1S/C15H18N6O3/c1-20(2)12-4-6-14(19-17-12)24-10-7-8-21(9-10)15(23)11-3-5-13(22)18-16-11/h3-6,10H,7-9H2,1-2H3,(H,18,22). The molecule has 1 aliphatic heterocycles. The normalized spacial score (nSPS) is 16.9. The van der Waals surface area contributed by atoms with Gasteiger partial charge < -0.3 is 14.5 Å². The van der Waals surface area contributed by atoms with Crippen molar-refractivity contribution in [1.82, 2.24) is 25.3 Å². The molecule has 126 valence electrons. The van der Waals surface area contributed by atoms with Gasteiger partial charge in [-0.05, 0) is 12.1 Å². The van der Waals surface area contributed by atoms with Crippen LogP contribution in [0.5, 0.6) is 5.88 Å². The van der Waals surface area contributed by atoms with E-state index in [2.05, 4.69) is 20.4 Å². The van der Waals surface area contributed by atoms with Gasteiger partial charge in [-0.2, -0.15) is 5.10 Å². The maximum absolute atomic E-state index is 12.3. The van der Waals surface area contributed by atoms with Gasteiger partial charge in [0.1, 0.15) is 11.8 Å². The highest BCUT2D eigenvalue weighted by atomic mass is 16.5. The summed E-state index contributed by atoms with van der Waals surface area (Å²) in [7, 11) is 3.77. The molecule has 9 heteroatoms. The van der Waals surface area contributed by atoms with Crippen LogP contribution in [0, 0.1) is 0 Å². The fraction of sp³-hybridized carbons (Fsp3) is 0.400. The van der Waals surface area contributed by atoms with Crippen LogP contribution in [0.1, 0.15) is 16.9 Å². The number of amides is 1. The lowest BCUT2D eigenvalue weighted by molar-refractivity contribution is 0.0764. The Morgan fingerprint density at radius 1 is 1.29 bits per heavy atom. The Kier molecular flexibility index (Phi) is 4.41. The Hall–Kier alpha value is -2.97. The Morgan fingerprint density at radius 3 is 2.75 bits per heavy atom. The van der Waals surface area contributed by atoms with Gasteiger partial charge in [-0.15, -0.1) is 10.2 Å². The van der Waals surface area contributed by atoms with E-state index in [0.29, 0.717) is 25.4 Å². The smallest absolute Gasteiger partial charge is 0.274 e. The van der Waals surface area contributed by atoms with Crippen LogP contribution in [0.3, 0.4) is 0 Å². The lowest BCUT2D eigenvalue weighted by atomic mass is 10.3. The van der Waals surface area contributed by atoms with Crippen molar-refractivity contribution in [3.8, 4) is 5.88 Å². The Balaban J connectivity index is 1.59. The zero-order valence-electron chi connectivity index (χ0n) is 13.5. The predicted molar refractivity (Wildman–Crippen MR) is 86.2 cm³/mol. The zero-order valence-corrected chi connectivity index (χ0v) is 13.5. The number of carbonyl (C=O) groups excluding carboxylic acids is 1. The molecular formula is C15H18N6O3. The number of nitrogens with one attached hydrogen (secondary N) is 1. The van der Waals surface area contributed by atoms with Crippen molar-refractivity contribution in [3.63, 3.8) is 0 Å². The molecular weight excluding hydrogens is 312 g/mol. The lowest BCUT2D eigenvalue weighted by Crippen LogP contribution is -2.32. The number of carbonyl (C=O) groups is 1. The lowest BCUT2D eigenvalue weighted by Gasteiger charge is -2.16. The van der Waals surface area contributed by atoms with Gasteiger partial charge in [0.05, 0.1) is 6.54 Å². The van der Waals surface area contributed by atoms with Gasteiger partial charge in [0, 0.05) is 39.2 Å². The molecule has 0 aromatic carbocycles. The van der Waals surface area contributed by atoms with Crippen LogP contribution in [0.4, 0.5) is 5.82 Å². The molecule has 1 unspecified atom stereocenters. The first kappa shape index (κ1) is 15.9. The highest BCUT2D eigenvalue weighted by Crippen LogP contribution is 2.18. The Morgan fingerprint density at radius 2 is 2.12 bits per heavy atom. The summed E-state index contributed by atoms with van der Waals surface area (Å²) in [5, 5.41) is 14.1. The maximum Gasteiger partial charge on any atom is 0.274 e. The van der Waals surface area contributed by atoms with E-state index in [1.165, 1.54) is 12.1 Å². The number of hydrogen-bond donors (Lipinski definition) is 1. The summed E-state index contributed by atoms with van der Waals surface area (Å²) in [6, 6.07) is 6.29. The molecule has 1 aliphatic rings. The van der Waals surface area contributed by atoms with E-state index in [1.54, 1.807) is 11.0 Å². The summed E-state index contributed by atoms with van der Waals surface area (Å²) in [4.78, 5) is 26.8. The highest BCUT2D eigenvalue weighted by molar-refractivity contribution is 5.92. The van der Waals surface area contributed by atoms with Gasteiger partial charge in [0.2, 0.25) is 5.88 Å². The zero-order chi connectivity index (χ0) is 17.1. The van der Waals surface area contributed by atoms with Gasteiger partial charge in [-0.3, -0.25) is 9.59 Å². The molecule has 0 saturated carbocycles. The number of hydrogen-bond acceptors (Lipinski definition) is 7. The minimum Gasteiger partial charge on any atom is -0.471 e. The first-order chi connectivity index (χ1) is 11.5. The second-order valence-electron chi connectivity index (χ2n) is 5.71. The summed E-state index contributed by atoms with van der Waals surface area (Å²) in [5.41, 5.74) is -0.126. The largest absolute Gasteiger partial charge is 0.471 e. The van der Waals surface area contributed by atoms with Crippen LogP contribution in [-0.4, -0.2) is 64.5 Å². The molecule has 0 spiro atoms. The van der Waals surface area contributed by atoms with Crippen LogP contribution in [0.2, 0.25) is 0 Å². The van der Waals surface area contributed by atoms with E-state index >= 15 is 0 Å². The molecule has 1 amide bonds. The van der Waals surface area contributed by atoms with Crippen molar-refractivity contribution in [2.24, 2.45) is 0 Å². The van der Waals surface area contributed by atoms with E-state index < -0.39 is 0 Å². The van der Waals surface area contributed by atoms with E-state index in [-0.39, 0.29) is 23.3 Å². The Labute approximate surface area is 138 Å². The molecule has 1 N–H and O–H groups in total. The fourth-order valence-electron chi connectivity index (χ4n) is 2.42. The molecule has 0 radical (unpaired) electrons. The van der Waals surface area contributed by atoms with Crippen LogP contribution in [0.15, 0.2) is 29.1 Å². The SMILES string of the molecule is CN(C)c1ccc(OC2CCN(C(=O)c3ccc(=O)[nH]n3)C2)nn1. The van der Waals surface area contributed by atoms with Crippen molar-refractivity contribution < 1.29 is 9.53 Å². The van der Waals surface area contributed by atoms with Crippen LogP contribution in [0.25, 0.3) is 0 Å². The van der Waals surface area contributed by atoms with Gasteiger partial charge in [0.15, 0.2) is 5.82 Å². The number of nitrogens with zero attached hydrogens (tertiary/aromatic N) is 5. The minimum absolute atomic E-state index is 0.142. The molecule has 0 aliphatic carbocycles. The third-order valence-electron chi connectivity index (χ3n) is 3.70. The topological polar surface area (TPSA) is 104 Å². The molecule has 2 aromatic heterocycles. The van der Waals surface area contributed by atoms with Crippen molar-refractivity contribution >= 4 is 11.7 Å². The number of ether oxygens (including phenoxy) is 1. The van der Waals surface area contributed by atoms with Crippen LogP contribution >= 0.6 is 0 Å². The van der Waals surface area contributed by atoms with Crippen molar-refractivity contribution in [1.29, 1.82) is 0 Å². The highest BCUT2D eigenvalue weighted by Gasteiger charge is 2.29. The molecule has 0 bridgehead atoms. The third kappa shape index (κ3) is 3.50. The fourth-order valence-corrected chi connectivity index (χ4v) is 2.42. The van der Waals surface area contributed by atoms with Gasteiger partial charge in [-0.25, -0.2) is 5.10 Å². The summed E-state index contributed by atoms with van der Waals surface area (Å²) in [5.74, 6) is 0.947. The summed E-state index contributed by atoms with van der Waals surface area (Å²) >= 11 is 0. The summed E-state index contributed by atoms with van der Waals surface area (Å²) in [6.45, 7) is 1.00. The maximum atomic E-state index is 12.3. The number of likely N-dealkylation sites (tertiary alicyclic amines) is 1. The van der Waals surface area contributed by atoms with Crippen molar-refractivity contribution in [3.05, 3.63) is 40.3 Å². The van der Waals surface area contributed by atoms with Crippen LogP contribution < -0.4 is 15.2 Å². The summed E-state index contributed by atoms with van der Waals surface area (Å²) < 4.78 is 5.78. The quantitative estimate of drug-likeness (QED) is 0.836. The van der Waals surface area contributed by atoms with Crippen molar-refractivity contribution in [2.75, 3.05) is 32.1 Å². The molecule has 1 saturated heterocycles. The molecule has 1 atom stereocenters. The van der Waals surface area contributed by atoms with E-state index in [4.69, 9.17) is 4.74 Å². The molecule has 3 heterocycles. The molecule has 2 aromatic rings. The number of rotatable bonds is 4. The molecule has 3 rings (SSSR count). The number of H-pyrrole nitrogens is 1. The van der Waals surface area contributed by atoms with Gasteiger partial charge in [-0.1, -0.05) is 0 Å². The van der Waals surface area contributed by atoms with E-state index in [9.17, 15) is 9.59 Å². The predicted octanol–water partition coefficient (Wildman–Crippen LogP) is -0.0806. The second-order valence-corrected chi connectivity index (χ2v) is 5.71. The van der Waals surface area contributed by atoms with E-state index in [0.717, 1.165) is 5.82 Å². The first-order valence-corrected chi connectivity index (χ1v) is 7.55. The second kappa shape index (κ2) is 6.65. The molecule has 1 fully saturated rings. The van der Waals surface area contributed by atoms with E-state index in [1.807, 2.05) is 25.1 Å². The number of aromatic nitrogens is 4. The van der Waals surface area contributed by atoms with Gasteiger partial charge in [0.25, 0.3) is 11.5 Å². The van der Waals surface area contributed by atoms with Gasteiger partial charge >= 0.3 is 0 Å². The van der Waals surface area contributed by atoms with Crippen molar-refractivity contribution in [2.45, 2.75) is 12.5 Å². The summed E-state index contributed by atoms with van der Waals surface area (Å²) in [6.07, 6.45) is 0.558. The molecule has 24 heavy (non-hydrogen) atoms. The monoisotopic (exact) mass is 330 g/mol. The number of aromatic amines is 1. The third-order valence-corrected chi connectivity index (χ3v) is 3.70. The first-order valence-electron chi connectivity index (χ1n) is 7.55. The molecule has 9 nitrogen and oxygen atoms in total.